The minimum Gasteiger partial charge on any atom is -0.274 e. The molecule has 0 unspecified atom stereocenters. The van der Waals surface area contributed by atoms with Gasteiger partial charge < -0.3 is 0 Å². The molecular weight excluding hydrogens is 268 g/mol. The standard InChI is InChI=1S/C12H14N2O4S/c1-2-8-7-11(15)14(12(8)16)9-3-5-10(6-4-9)19(13,17)18/h3-6,8H,2,7H2,1H3,(H2,13,17,18)/t8-/m0/s1. The lowest BCUT2D eigenvalue weighted by Gasteiger charge is -2.14. The number of carbonyl (C=O) groups excluding carboxylic acids is 2. The highest BCUT2D eigenvalue weighted by atomic mass is 32.2. The largest absolute Gasteiger partial charge is 0.274 e. The van der Waals surface area contributed by atoms with Gasteiger partial charge in [-0.2, -0.15) is 0 Å². The van der Waals surface area contributed by atoms with Crippen molar-refractivity contribution >= 4 is 27.5 Å². The van der Waals surface area contributed by atoms with Gasteiger partial charge in [-0.1, -0.05) is 6.92 Å². The molecule has 1 atom stereocenters. The molecule has 2 N–H and O–H groups in total. The summed E-state index contributed by atoms with van der Waals surface area (Å²) >= 11 is 0. The van der Waals surface area contributed by atoms with Crippen molar-refractivity contribution in [3.63, 3.8) is 0 Å². The zero-order chi connectivity index (χ0) is 14.2. The Bertz CT molecular complexity index is 622. The third kappa shape index (κ3) is 2.52. The predicted octanol–water partition coefficient (Wildman–Crippen LogP) is 0.624. The van der Waals surface area contributed by atoms with Gasteiger partial charge in [0.2, 0.25) is 21.8 Å². The summed E-state index contributed by atoms with van der Waals surface area (Å²) in [5.74, 6) is -0.790. The summed E-state index contributed by atoms with van der Waals surface area (Å²) in [6.07, 6.45) is 0.808. The number of amides is 2. The Morgan fingerprint density at radius 3 is 2.26 bits per heavy atom. The van der Waals surface area contributed by atoms with Crippen LogP contribution >= 0.6 is 0 Å². The van der Waals surface area contributed by atoms with Crippen LogP contribution in [0, 0.1) is 5.92 Å². The van der Waals surface area contributed by atoms with Crippen LogP contribution in [0.5, 0.6) is 0 Å². The summed E-state index contributed by atoms with van der Waals surface area (Å²) in [6, 6.07) is 5.39. The van der Waals surface area contributed by atoms with Crippen molar-refractivity contribution in [2.24, 2.45) is 11.1 Å². The fraction of sp³-hybridized carbons (Fsp3) is 0.333. The van der Waals surface area contributed by atoms with Crippen LogP contribution in [-0.4, -0.2) is 20.2 Å². The summed E-state index contributed by atoms with van der Waals surface area (Å²) in [5, 5.41) is 4.98. The molecule has 1 heterocycles. The number of primary sulfonamides is 1. The van der Waals surface area contributed by atoms with Crippen LogP contribution in [0.25, 0.3) is 0 Å². The van der Waals surface area contributed by atoms with E-state index in [0.717, 1.165) is 4.90 Å². The second kappa shape index (κ2) is 4.75. The number of imide groups is 1. The van der Waals surface area contributed by atoms with Gasteiger partial charge in [-0.3, -0.25) is 14.5 Å². The number of nitrogens with zero attached hydrogens (tertiary/aromatic N) is 1. The van der Waals surface area contributed by atoms with Gasteiger partial charge in [-0.05, 0) is 30.7 Å². The highest BCUT2D eigenvalue weighted by Crippen LogP contribution is 2.28. The molecule has 1 aromatic carbocycles. The summed E-state index contributed by atoms with van der Waals surface area (Å²) in [5.41, 5.74) is 0.373. The van der Waals surface area contributed by atoms with Gasteiger partial charge in [-0.25, -0.2) is 13.6 Å². The molecule has 0 spiro atoms. The fourth-order valence-corrected chi connectivity index (χ4v) is 2.59. The Kier molecular flexibility index (Phi) is 3.42. The third-order valence-corrected chi connectivity index (χ3v) is 4.09. The van der Waals surface area contributed by atoms with Gasteiger partial charge in [0.25, 0.3) is 0 Å². The van der Waals surface area contributed by atoms with Crippen LogP contribution in [0.2, 0.25) is 0 Å². The maximum atomic E-state index is 12.0. The van der Waals surface area contributed by atoms with E-state index < -0.39 is 10.0 Å². The first-order valence-corrected chi connectivity index (χ1v) is 7.39. The molecule has 1 saturated heterocycles. The zero-order valence-corrected chi connectivity index (χ0v) is 11.2. The van der Waals surface area contributed by atoms with Crippen LogP contribution in [0.1, 0.15) is 19.8 Å². The Morgan fingerprint density at radius 2 is 1.84 bits per heavy atom. The number of anilines is 1. The van der Waals surface area contributed by atoms with Crippen LogP contribution in [0.4, 0.5) is 5.69 Å². The smallest absolute Gasteiger partial charge is 0.238 e. The van der Waals surface area contributed by atoms with Crippen molar-refractivity contribution in [2.45, 2.75) is 24.7 Å². The van der Waals surface area contributed by atoms with Crippen molar-refractivity contribution in [1.29, 1.82) is 0 Å². The van der Waals surface area contributed by atoms with Crippen LogP contribution in [0.3, 0.4) is 0 Å². The number of nitrogens with two attached hydrogens (primary N) is 1. The highest BCUT2D eigenvalue weighted by molar-refractivity contribution is 7.89. The monoisotopic (exact) mass is 282 g/mol. The average Bonchev–Trinajstić information content (AvgIpc) is 2.63. The van der Waals surface area contributed by atoms with E-state index in [1.807, 2.05) is 6.92 Å². The van der Waals surface area contributed by atoms with E-state index in [2.05, 4.69) is 0 Å². The highest BCUT2D eigenvalue weighted by Gasteiger charge is 2.38. The van der Waals surface area contributed by atoms with E-state index in [9.17, 15) is 18.0 Å². The summed E-state index contributed by atoms with van der Waals surface area (Å²) in [7, 11) is -3.77. The van der Waals surface area contributed by atoms with Crippen LogP contribution in [-0.2, 0) is 19.6 Å². The zero-order valence-electron chi connectivity index (χ0n) is 10.4. The first-order valence-electron chi connectivity index (χ1n) is 5.84. The summed E-state index contributed by atoms with van der Waals surface area (Å²) in [6.45, 7) is 1.85. The minimum absolute atomic E-state index is 0.0533. The second-order valence-corrected chi connectivity index (χ2v) is 5.98. The molecule has 0 saturated carbocycles. The van der Waals surface area contributed by atoms with Gasteiger partial charge in [0.15, 0.2) is 0 Å². The molecule has 102 valence electrons. The lowest BCUT2D eigenvalue weighted by atomic mass is 10.1. The van der Waals surface area contributed by atoms with Crippen molar-refractivity contribution in [1.82, 2.24) is 0 Å². The first kappa shape index (κ1) is 13.7. The Balaban J connectivity index is 2.33. The lowest BCUT2D eigenvalue weighted by molar-refractivity contribution is -0.122. The maximum absolute atomic E-state index is 12.0. The number of hydrogen-bond acceptors (Lipinski definition) is 4. The normalized spacial score (nSPS) is 20.1. The summed E-state index contributed by atoms with van der Waals surface area (Å²) < 4.78 is 22.2. The second-order valence-electron chi connectivity index (χ2n) is 4.42. The Morgan fingerprint density at radius 1 is 1.26 bits per heavy atom. The first-order chi connectivity index (χ1) is 8.84. The van der Waals surface area contributed by atoms with Gasteiger partial charge in [0.1, 0.15) is 0 Å². The molecule has 0 aliphatic carbocycles. The maximum Gasteiger partial charge on any atom is 0.238 e. The van der Waals surface area contributed by atoms with Crippen molar-refractivity contribution in [3.05, 3.63) is 24.3 Å². The molecule has 2 rings (SSSR count). The van der Waals surface area contributed by atoms with Crippen molar-refractivity contribution in [3.8, 4) is 0 Å². The molecule has 0 radical (unpaired) electrons. The van der Waals surface area contributed by atoms with E-state index in [1.165, 1.54) is 24.3 Å². The van der Waals surface area contributed by atoms with Crippen LogP contribution < -0.4 is 10.0 Å². The third-order valence-electron chi connectivity index (χ3n) is 3.16. The Labute approximate surface area is 111 Å². The van der Waals surface area contributed by atoms with E-state index in [4.69, 9.17) is 5.14 Å². The lowest BCUT2D eigenvalue weighted by Crippen LogP contribution is -2.30. The molecule has 2 amide bonds. The predicted molar refractivity (Wildman–Crippen MR) is 68.7 cm³/mol. The SMILES string of the molecule is CC[C@H]1CC(=O)N(c2ccc(S(N)(=O)=O)cc2)C1=O. The quantitative estimate of drug-likeness (QED) is 0.822. The minimum atomic E-state index is -3.77. The van der Waals surface area contributed by atoms with E-state index in [-0.39, 0.29) is 29.0 Å². The molecule has 19 heavy (non-hydrogen) atoms. The van der Waals surface area contributed by atoms with E-state index in [0.29, 0.717) is 12.1 Å². The molecule has 0 aromatic heterocycles. The van der Waals surface area contributed by atoms with Gasteiger partial charge in [0, 0.05) is 12.3 Å². The number of hydrogen-bond donors (Lipinski definition) is 1. The topological polar surface area (TPSA) is 97.5 Å². The van der Waals surface area contributed by atoms with Crippen molar-refractivity contribution in [2.75, 3.05) is 4.90 Å². The number of carbonyl (C=O) groups is 2. The van der Waals surface area contributed by atoms with Gasteiger partial charge in [0.05, 0.1) is 10.6 Å². The van der Waals surface area contributed by atoms with E-state index >= 15 is 0 Å². The molecule has 0 bridgehead atoms. The molecule has 1 aliphatic rings. The van der Waals surface area contributed by atoms with Gasteiger partial charge >= 0.3 is 0 Å². The average molecular weight is 282 g/mol. The molecule has 6 nitrogen and oxygen atoms in total. The molecule has 1 aromatic rings. The fourth-order valence-electron chi connectivity index (χ4n) is 2.07. The molecule has 1 aliphatic heterocycles. The van der Waals surface area contributed by atoms with Crippen molar-refractivity contribution < 1.29 is 18.0 Å². The molecule has 7 heteroatoms. The number of sulfonamides is 1. The molecule has 1 fully saturated rings. The number of rotatable bonds is 3. The Hall–Kier alpha value is -1.73. The van der Waals surface area contributed by atoms with E-state index in [1.54, 1.807) is 0 Å². The summed E-state index contributed by atoms with van der Waals surface area (Å²) in [4.78, 5) is 24.8. The number of benzene rings is 1. The molecular formula is C12H14N2O4S. The van der Waals surface area contributed by atoms with Gasteiger partial charge in [-0.15, -0.1) is 0 Å². The van der Waals surface area contributed by atoms with Crippen LogP contribution in [0.15, 0.2) is 29.2 Å².